The number of hydrogen-bond acceptors (Lipinski definition) is 3. The lowest BCUT2D eigenvalue weighted by atomic mass is 10.1. The van der Waals surface area contributed by atoms with Gasteiger partial charge in [-0.1, -0.05) is 5.16 Å². The summed E-state index contributed by atoms with van der Waals surface area (Å²) in [5.41, 5.74) is 0.226. The van der Waals surface area contributed by atoms with Crippen LogP contribution in [-0.4, -0.2) is 11.4 Å². The second-order valence-electron chi connectivity index (χ2n) is 2.90. The van der Waals surface area contributed by atoms with Crippen LogP contribution in [-0.2, 0) is 6.18 Å². The van der Waals surface area contributed by atoms with Crippen LogP contribution in [0.5, 0.6) is 0 Å². The Morgan fingerprint density at radius 2 is 2.07 bits per heavy atom. The molecule has 0 saturated heterocycles. The molecule has 0 atom stereocenters. The Bertz CT molecular complexity index is 516. The van der Waals surface area contributed by atoms with Crippen LogP contribution < -0.4 is 0 Å². The molecule has 0 saturated carbocycles. The molecule has 0 amide bonds. The highest BCUT2D eigenvalue weighted by Crippen LogP contribution is 2.34. The summed E-state index contributed by atoms with van der Waals surface area (Å²) < 4.78 is 41.3. The maximum atomic E-state index is 12.4. The van der Waals surface area contributed by atoms with Gasteiger partial charge in [0.25, 0.3) is 0 Å². The van der Waals surface area contributed by atoms with Crippen LogP contribution in [0.4, 0.5) is 13.2 Å². The maximum Gasteiger partial charge on any atom is 0.453 e. The second kappa shape index (κ2) is 3.08. The van der Waals surface area contributed by atoms with Crippen molar-refractivity contribution in [3.8, 4) is 0 Å². The van der Waals surface area contributed by atoms with Crippen molar-refractivity contribution < 1.29 is 22.5 Å². The Morgan fingerprint density at radius 1 is 1.33 bits per heavy atom. The Hall–Kier alpha value is -1.85. The summed E-state index contributed by atoms with van der Waals surface area (Å²) in [6, 6.07) is 3.78. The van der Waals surface area contributed by atoms with Crippen molar-refractivity contribution in [2.75, 3.05) is 0 Å². The molecule has 0 bridgehead atoms. The number of carbonyl (C=O) groups is 1. The lowest BCUT2D eigenvalue weighted by molar-refractivity contribution is -0.154. The lowest BCUT2D eigenvalue weighted by Crippen LogP contribution is -2.03. The summed E-state index contributed by atoms with van der Waals surface area (Å²) in [6.45, 7) is 0. The van der Waals surface area contributed by atoms with Crippen molar-refractivity contribution in [3.05, 3.63) is 29.5 Å². The SMILES string of the molecule is O=Cc1ccc2noc(C(F)(F)F)c2c1. The maximum absolute atomic E-state index is 12.4. The first kappa shape index (κ1) is 9.70. The number of hydrogen-bond donors (Lipinski definition) is 0. The van der Waals surface area contributed by atoms with Crippen LogP contribution in [0, 0.1) is 0 Å². The topological polar surface area (TPSA) is 43.1 Å². The number of aromatic nitrogens is 1. The Balaban J connectivity index is 2.72. The van der Waals surface area contributed by atoms with Gasteiger partial charge in [0.05, 0.1) is 5.39 Å². The van der Waals surface area contributed by atoms with Crippen molar-refractivity contribution in [2.24, 2.45) is 0 Å². The predicted octanol–water partition coefficient (Wildman–Crippen LogP) is 2.66. The fourth-order valence-corrected chi connectivity index (χ4v) is 1.24. The first-order chi connectivity index (χ1) is 7.02. The summed E-state index contributed by atoms with van der Waals surface area (Å²) in [5.74, 6) is -1.18. The molecule has 1 aromatic carbocycles. The van der Waals surface area contributed by atoms with Crippen LogP contribution in [0.2, 0.25) is 0 Å². The minimum Gasteiger partial charge on any atom is -0.350 e. The molecule has 0 spiro atoms. The Morgan fingerprint density at radius 3 is 2.67 bits per heavy atom. The van der Waals surface area contributed by atoms with Gasteiger partial charge in [-0.25, -0.2) is 0 Å². The Labute approximate surface area is 81.5 Å². The molecule has 0 aliphatic heterocycles. The lowest BCUT2D eigenvalue weighted by Gasteiger charge is -2.00. The quantitative estimate of drug-likeness (QED) is 0.687. The average Bonchev–Trinajstić information content (AvgIpc) is 2.59. The highest BCUT2D eigenvalue weighted by molar-refractivity contribution is 5.88. The van der Waals surface area contributed by atoms with Gasteiger partial charge in [-0.2, -0.15) is 13.2 Å². The molecule has 1 heterocycles. The first-order valence-corrected chi connectivity index (χ1v) is 3.94. The van der Waals surface area contributed by atoms with Gasteiger partial charge >= 0.3 is 6.18 Å². The van der Waals surface area contributed by atoms with E-state index in [2.05, 4.69) is 9.68 Å². The zero-order chi connectivity index (χ0) is 11.1. The normalized spacial score (nSPS) is 11.9. The van der Waals surface area contributed by atoms with E-state index in [9.17, 15) is 18.0 Å². The number of benzene rings is 1. The third-order valence-corrected chi connectivity index (χ3v) is 1.89. The molecule has 1 aromatic heterocycles. The molecule has 2 rings (SSSR count). The number of halogens is 3. The third kappa shape index (κ3) is 1.58. The molecule has 6 heteroatoms. The van der Waals surface area contributed by atoms with Gasteiger partial charge in [0.15, 0.2) is 0 Å². The van der Waals surface area contributed by atoms with E-state index in [-0.39, 0.29) is 16.5 Å². The fourth-order valence-electron chi connectivity index (χ4n) is 1.24. The number of alkyl halides is 3. The molecule has 2 aromatic rings. The fraction of sp³-hybridized carbons (Fsp3) is 0.111. The highest BCUT2D eigenvalue weighted by atomic mass is 19.4. The molecule has 0 aliphatic rings. The van der Waals surface area contributed by atoms with Gasteiger partial charge in [0.1, 0.15) is 11.8 Å². The minimum atomic E-state index is -4.60. The summed E-state index contributed by atoms with van der Waals surface area (Å²) in [6.07, 6.45) is -4.14. The number of rotatable bonds is 1. The van der Waals surface area contributed by atoms with Crippen molar-refractivity contribution in [3.63, 3.8) is 0 Å². The van der Waals surface area contributed by atoms with Crippen molar-refractivity contribution in [1.29, 1.82) is 0 Å². The summed E-state index contributed by atoms with van der Waals surface area (Å²) in [5, 5.41) is 3.05. The van der Waals surface area contributed by atoms with Crippen molar-refractivity contribution >= 4 is 17.2 Å². The van der Waals surface area contributed by atoms with Crippen LogP contribution in [0.25, 0.3) is 10.9 Å². The number of nitrogens with zero attached hydrogens (tertiary/aromatic N) is 1. The van der Waals surface area contributed by atoms with E-state index in [1.165, 1.54) is 12.1 Å². The monoisotopic (exact) mass is 215 g/mol. The zero-order valence-corrected chi connectivity index (χ0v) is 7.21. The van der Waals surface area contributed by atoms with Crippen LogP contribution in [0.3, 0.4) is 0 Å². The molecule has 0 aliphatic carbocycles. The summed E-state index contributed by atoms with van der Waals surface area (Å²) >= 11 is 0. The minimum absolute atomic E-state index is 0.0768. The van der Waals surface area contributed by atoms with Crippen molar-refractivity contribution in [2.45, 2.75) is 6.18 Å². The predicted molar refractivity (Wildman–Crippen MR) is 44.4 cm³/mol. The molecule has 0 fully saturated rings. The third-order valence-electron chi connectivity index (χ3n) is 1.89. The average molecular weight is 215 g/mol. The van der Waals surface area contributed by atoms with Gasteiger partial charge in [0, 0.05) is 5.56 Å². The first-order valence-electron chi connectivity index (χ1n) is 3.94. The molecule has 3 nitrogen and oxygen atoms in total. The smallest absolute Gasteiger partial charge is 0.350 e. The van der Waals surface area contributed by atoms with E-state index in [0.29, 0.717) is 6.29 Å². The van der Waals surface area contributed by atoms with Gasteiger partial charge in [-0.15, -0.1) is 0 Å². The second-order valence-corrected chi connectivity index (χ2v) is 2.90. The summed E-state index contributed by atoms with van der Waals surface area (Å²) in [7, 11) is 0. The summed E-state index contributed by atoms with van der Waals surface area (Å²) in [4.78, 5) is 10.4. The van der Waals surface area contributed by atoms with Crippen LogP contribution in [0.1, 0.15) is 16.1 Å². The van der Waals surface area contributed by atoms with Gasteiger partial charge < -0.3 is 4.52 Å². The molecular weight excluding hydrogens is 211 g/mol. The zero-order valence-electron chi connectivity index (χ0n) is 7.21. The van der Waals surface area contributed by atoms with Gasteiger partial charge in [-0.3, -0.25) is 4.79 Å². The van der Waals surface area contributed by atoms with Gasteiger partial charge in [-0.05, 0) is 18.2 Å². The largest absolute Gasteiger partial charge is 0.453 e. The van der Waals surface area contributed by atoms with Crippen molar-refractivity contribution in [1.82, 2.24) is 5.16 Å². The molecule has 15 heavy (non-hydrogen) atoms. The number of carbonyl (C=O) groups excluding carboxylic acids is 1. The van der Waals surface area contributed by atoms with E-state index in [0.717, 1.165) is 6.07 Å². The molecule has 0 radical (unpaired) electrons. The molecule has 0 N–H and O–H groups in total. The van der Waals surface area contributed by atoms with Crippen LogP contribution in [0.15, 0.2) is 22.7 Å². The van der Waals surface area contributed by atoms with E-state index in [4.69, 9.17) is 0 Å². The number of aldehydes is 1. The Kier molecular flexibility index (Phi) is 1.99. The van der Waals surface area contributed by atoms with E-state index in [1.807, 2.05) is 0 Å². The highest BCUT2D eigenvalue weighted by Gasteiger charge is 2.38. The van der Waals surface area contributed by atoms with E-state index < -0.39 is 11.9 Å². The number of fused-ring (bicyclic) bond motifs is 1. The molecule has 0 unspecified atom stereocenters. The van der Waals surface area contributed by atoms with E-state index in [1.54, 1.807) is 0 Å². The van der Waals surface area contributed by atoms with E-state index >= 15 is 0 Å². The van der Waals surface area contributed by atoms with Gasteiger partial charge in [0.2, 0.25) is 5.76 Å². The molecule has 78 valence electrons. The van der Waals surface area contributed by atoms with Crippen LogP contribution >= 0.6 is 0 Å². The molecular formula is C9H4F3NO2. The standard InChI is InChI=1S/C9H4F3NO2/c10-9(11,12)8-6-3-5(4-14)1-2-7(6)13-15-8/h1-4H.